The average molecular weight is 256 g/mol. The van der Waals surface area contributed by atoms with Crippen LogP contribution in [0.15, 0.2) is 24.5 Å². The molecule has 7 heteroatoms. The van der Waals surface area contributed by atoms with E-state index in [9.17, 15) is 9.18 Å². The summed E-state index contributed by atoms with van der Waals surface area (Å²) in [6, 6.07) is 2.95. The lowest BCUT2D eigenvalue weighted by Crippen LogP contribution is -2.10. The number of halogens is 2. The Morgan fingerprint density at radius 3 is 2.82 bits per heavy atom. The van der Waals surface area contributed by atoms with E-state index in [0.717, 1.165) is 12.2 Å². The van der Waals surface area contributed by atoms with E-state index in [2.05, 4.69) is 10.3 Å². The van der Waals surface area contributed by atoms with Crippen molar-refractivity contribution in [3.63, 3.8) is 0 Å². The minimum Gasteiger partial charge on any atom is -0.478 e. The zero-order valence-corrected chi connectivity index (χ0v) is 9.15. The van der Waals surface area contributed by atoms with E-state index in [1.165, 1.54) is 17.1 Å². The number of carboxylic acid groups (broad SMARTS) is 1. The van der Waals surface area contributed by atoms with E-state index in [4.69, 9.17) is 16.7 Å². The second-order valence-corrected chi connectivity index (χ2v) is 3.59. The summed E-state index contributed by atoms with van der Waals surface area (Å²) in [5.41, 5.74) is 0.512. The summed E-state index contributed by atoms with van der Waals surface area (Å²) in [7, 11) is 0. The van der Waals surface area contributed by atoms with Gasteiger partial charge in [-0.3, -0.25) is 0 Å². The molecular weight excluding hydrogens is 249 g/mol. The summed E-state index contributed by atoms with van der Waals surface area (Å²) < 4.78 is 15.2. The molecule has 0 fully saturated rings. The van der Waals surface area contributed by atoms with Crippen LogP contribution in [0.1, 0.15) is 5.56 Å². The van der Waals surface area contributed by atoms with Gasteiger partial charge in [0, 0.05) is 11.6 Å². The summed E-state index contributed by atoms with van der Waals surface area (Å²) in [5, 5.41) is 14.6. The standard InChI is InChI=1S/C10H7ClFN3O2/c11-7-2-3-8(15-5-13-14-15)6(10(7)12)1-4-9(16)17/h1-5,14H,(H,16,17)/b4-1+. The number of nitrogens with zero attached hydrogens (tertiary/aromatic N) is 2. The van der Waals surface area contributed by atoms with E-state index in [0.29, 0.717) is 5.69 Å². The Morgan fingerprint density at radius 1 is 1.59 bits per heavy atom. The number of rotatable bonds is 3. The van der Waals surface area contributed by atoms with Crippen molar-refractivity contribution in [3.8, 4) is 5.69 Å². The molecule has 0 saturated heterocycles. The van der Waals surface area contributed by atoms with E-state index in [-0.39, 0.29) is 10.6 Å². The molecule has 2 N–H and O–H groups in total. The fraction of sp³-hybridized carbons (Fsp3) is 0. The summed E-state index contributed by atoms with van der Waals surface area (Å²) in [4.78, 5) is 10.4. The first-order chi connectivity index (χ1) is 8.09. The Bertz CT molecular complexity index is 579. The van der Waals surface area contributed by atoms with Crippen LogP contribution >= 0.6 is 11.6 Å². The predicted molar refractivity (Wildman–Crippen MR) is 59.6 cm³/mol. The highest BCUT2D eigenvalue weighted by atomic mass is 35.5. The molecule has 88 valence electrons. The molecule has 0 saturated carbocycles. The topological polar surface area (TPSA) is 70.9 Å². The monoisotopic (exact) mass is 255 g/mol. The van der Waals surface area contributed by atoms with E-state index >= 15 is 0 Å². The first-order valence-corrected chi connectivity index (χ1v) is 4.94. The summed E-state index contributed by atoms with van der Waals surface area (Å²) in [5.74, 6) is -1.84. The van der Waals surface area contributed by atoms with Gasteiger partial charge in [0.15, 0.2) is 5.82 Å². The number of aromatic amines is 1. The highest BCUT2D eigenvalue weighted by Crippen LogP contribution is 2.25. The molecule has 2 aromatic rings. The number of carbonyl (C=O) groups is 1. The van der Waals surface area contributed by atoms with Gasteiger partial charge < -0.3 is 5.11 Å². The first-order valence-electron chi connectivity index (χ1n) is 4.56. The Labute approximate surface area is 100 Å². The van der Waals surface area contributed by atoms with Crippen LogP contribution in [0.3, 0.4) is 0 Å². The minimum atomic E-state index is -1.17. The second kappa shape index (κ2) is 4.42. The van der Waals surface area contributed by atoms with Gasteiger partial charge >= 0.3 is 5.97 Å². The maximum atomic E-state index is 13.8. The lowest BCUT2D eigenvalue weighted by atomic mass is 10.1. The fourth-order valence-electron chi connectivity index (χ4n) is 1.31. The highest BCUT2D eigenvalue weighted by molar-refractivity contribution is 6.31. The van der Waals surface area contributed by atoms with Crippen LogP contribution in [0.2, 0.25) is 5.02 Å². The molecule has 0 aliphatic heterocycles. The minimum absolute atomic E-state index is 0.0729. The molecule has 0 unspecified atom stereocenters. The molecule has 1 aromatic heterocycles. The Hall–Kier alpha value is -2.08. The van der Waals surface area contributed by atoms with Crippen LogP contribution in [0.25, 0.3) is 11.8 Å². The molecule has 1 aromatic carbocycles. The van der Waals surface area contributed by atoms with Crippen molar-refractivity contribution >= 4 is 23.6 Å². The maximum Gasteiger partial charge on any atom is 0.328 e. The third-order valence-corrected chi connectivity index (χ3v) is 2.39. The number of benzene rings is 1. The van der Waals surface area contributed by atoms with Crippen LogP contribution < -0.4 is 0 Å². The molecule has 0 amide bonds. The Morgan fingerprint density at radius 2 is 2.29 bits per heavy atom. The number of hydrogen-bond donors (Lipinski definition) is 2. The Balaban J connectivity index is 2.55. The molecule has 0 spiro atoms. The molecule has 0 bridgehead atoms. The number of aliphatic carboxylic acids is 1. The molecular formula is C10H7ClFN3O2. The third-order valence-electron chi connectivity index (χ3n) is 2.10. The van der Waals surface area contributed by atoms with Gasteiger partial charge in [0.2, 0.25) is 0 Å². The van der Waals surface area contributed by atoms with Crippen LogP contribution in [-0.2, 0) is 4.79 Å². The number of carboxylic acids is 1. The lowest BCUT2D eigenvalue weighted by molar-refractivity contribution is -0.131. The molecule has 0 aliphatic carbocycles. The van der Waals surface area contributed by atoms with Crippen molar-refractivity contribution in [1.82, 2.24) is 15.0 Å². The normalized spacial score (nSPS) is 11.2. The number of hydrogen-bond acceptors (Lipinski definition) is 2. The van der Waals surface area contributed by atoms with E-state index in [1.54, 1.807) is 6.07 Å². The van der Waals surface area contributed by atoms with Crippen molar-refractivity contribution < 1.29 is 14.3 Å². The second-order valence-electron chi connectivity index (χ2n) is 3.18. The van der Waals surface area contributed by atoms with Crippen LogP contribution in [0.4, 0.5) is 4.39 Å². The average Bonchev–Trinajstić information content (AvgIpc) is 2.20. The Kier molecular flexibility index (Phi) is 2.97. The predicted octanol–water partition coefficient (Wildman–Crippen LogP) is 2.09. The van der Waals surface area contributed by atoms with Crippen LogP contribution in [0, 0.1) is 5.82 Å². The molecule has 0 aliphatic rings. The van der Waals surface area contributed by atoms with Crippen molar-refractivity contribution in [3.05, 3.63) is 40.9 Å². The van der Waals surface area contributed by atoms with Crippen molar-refractivity contribution in [2.75, 3.05) is 0 Å². The molecule has 0 radical (unpaired) electrons. The zero-order valence-electron chi connectivity index (χ0n) is 8.39. The first kappa shape index (κ1) is 11.4. The zero-order chi connectivity index (χ0) is 12.4. The largest absolute Gasteiger partial charge is 0.478 e. The number of aromatic nitrogens is 3. The van der Waals surface area contributed by atoms with Crippen molar-refractivity contribution in [1.29, 1.82) is 0 Å². The van der Waals surface area contributed by atoms with Gasteiger partial charge in [0.25, 0.3) is 0 Å². The van der Waals surface area contributed by atoms with Gasteiger partial charge in [-0.05, 0) is 18.2 Å². The van der Waals surface area contributed by atoms with Gasteiger partial charge in [-0.1, -0.05) is 11.6 Å². The summed E-state index contributed by atoms with van der Waals surface area (Å²) in [6.45, 7) is 0. The molecule has 1 heterocycles. The number of nitrogens with one attached hydrogen (secondary N) is 1. The summed E-state index contributed by atoms with van der Waals surface area (Å²) in [6.07, 6.45) is 3.42. The smallest absolute Gasteiger partial charge is 0.328 e. The maximum absolute atomic E-state index is 13.8. The van der Waals surface area contributed by atoms with E-state index < -0.39 is 11.8 Å². The van der Waals surface area contributed by atoms with Gasteiger partial charge in [0.05, 0.1) is 10.7 Å². The molecule has 2 rings (SSSR count). The van der Waals surface area contributed by atoms with Gasteiger partial charge in [-0.15, -0.1) is 5.10 Å². The third kappa shape index (κ3) is 2.21. The SMILES string of the molecule is O=C(O)/C=C/c1c(-n2cn[nH]2)ccc(Cl)c1F. The van der Waals surface area contributed by atoms with Crippen LogP contribution in [0.5, 0.6) is 0 Å². The quantitative estimate of drug-likeness (QED) is 0.825. The molecule has 5 nitrogen and oxygen atoms in total. The van der Waals surface area contributed by atoms with Gasteiger partial charge in [0.1, 0.15) is 6.33 Å². The molecule has 0 atom stereocenters. The van der Waals surface area contributed by atoms with Crippen molar-refractivity contribution in [2.24, 2.45) is 0 Å². The summed E-state index contributed by atoms with van der Waals surface area (Å²) >= 11 is 5.64. The number of H-pyrrole nitrogens is 1. The van der Waals surface area contributed by atoms with Crippen molar-refractivity contribution in [2.45, 2.75) is 0 Å². The lowest BCUT2D eigenvalue weighted by Gasteiger charge is -2.12. The van der Waals surface area contributed by atoms with Gasteiger partial charge in [-0.2, -0.15) is 0 Å². The fourth-order valence-corrected chi connectivity index (χ4v) is 1.48. The van der Waals surface area contributed by atoms with Gasteiger partial charge in [-0.25, -0.2) is 19.1 Å². The highest BCUT2D eigenvalue weighted by Gasteiger charge is 2.12. The van der Waals surface area contributed by atoms with Crippen LogP contribution in [-0.4, -0.2) is 26.1 Å². The van der Waals surface area contributed by atoms with E-state index in [1.807, 2.05) is 0 Å². The molecule has 17 heavy (non-hydrogen) atoms.